The van der Waals surface area contributed by atoms with Gasteiger partial charge in [0.2, 0.25) is 0 Å². The molecule has 0 aliphatic rings. The van der Waals surface area contributed by atoms with Crippen LogP contribution in [0.3, 0.4) is 0 Å². The normalized spacial score (nSPS) is 12.1. The quantitative estimate of drug-likeness (QED) is 0.559. The fourth-order valence-corrected chi connectivity index (χ4v) is 2.98. The summed E-state index contributed by atoms with van der Waals surface area (Å²) >= 11 is 0. The topological polar surface area (TPSA) is 99.9 Å². The molecule has 4 aromatic heterocycles. The number of hydrogen-bond acceptors (Lipinski definition) is 5. The van der Waals surface area contributed by atoms with Crippen LogP contribution < -0.4 is 4.68 Å². The van der Waals surface area contributed by atoms with Gasteiger partial charge in [-0.2, -0.15) is 5.10 Å². The summed E-state index contributed by atoms with van der Waals surface area (Å²) in [5.41, 5.74) is 6.26. The second-order valence-electron chi connectivity index (χ2n) is 6.89. The maximum atomic E-state index is 4.74. The monoisotopic (exact) mass is 337 g/mol. The van der Waals surface area contributed by atoms with E-state index in [1.54, 1.807) is 6.33 Å². The summed E-state index contributed by atoms with van der Waals surface area (Å²) < 4.78 is 1.81. The summed E-state index contributed by atoms with van der Waals surface area (Å²) in [4.78, 5) is 18.2. The summed E-state index contributed by atoms with van der Waals surface area (Å²) in [5, 5.41) is 10.7. The maximum Gasteiger partial charge on any atom is 0.456 e. The van der Waals surface area contributed by atoms with Crippen LogP contribution in [0, 0.1) is 6.92 Å². The number of rotatable bonds is 3. The van der Waals surface area contributed by atoms with Crippen LogP contribution in [0.25, 0.3) is 28.0 Å². The summed E-state index contributed by atoms with van der Waals surface area (Å²) in [5.74, 6) is 1.11. The van der Waals surface area contributed by atoms with Crippen molar-refractivity contribution >= 4 is 22.1 Å². The summed E-state index contributed by atoms with van der Waals surface area (Å²) in [6.45, 7) is 10.4. The van der Waals surface area contributed by atoms with E-state index in [0.717, 1.165) is 39.1 Å². The Hall–Kier alpha value is -2.90. The van der Waals surface area contributed by atoms with E-state index in [1.807, 2.05) is 17.8 Å². The van der Waals surface area contributed by atoms with Crippen LogP contribution in [0.1, 0.15) is 56.6 Å². The number of nitrogens with zero attached hydrogens (tertiary/aromatic N) is 6. The number of hydrogen-bond donors (Lipinski definition) is 2. The van der Waals surface area contributed by atoms with Crippen LogP contribution in [-0.2, 0) is 0 Å². The standard InChI is InChI=1S/C17H20N8/c1-8(2)12-15-11(18-7-19-12)6-25(24-15)17-20-13(9(3)4)16-14(21-17)10(5)22-23-16/h6-9H,1-5H3,(H,20,21,22,23)/p+1. The van der Waals surface area contributed by atoms with Crippen LogP contribution in [0.2, 0.25) is 0 Å². The van der Waals surface area contributed by atoms with Crippen molar-refractivity contribution in [2.45, 2.75) is 46.5 Å². The number of nitrogens with one attached hydrogen (secondary N) is 2. The molecule has 0 spiro atoms. The molecule has 0 aliphatic carbocycles. The van der Waals surface area contributed by atoms with Gasteiger partial charge in [0.05, 0.1) is 11.4 Å². The Labute approximate surface area is 144 Å². The van der Waals surface area contributed by atoms with Gasteiger partial charge in [-0.3, -0.25) is 5.10 Å². The fraction of sp³-hybridized carbons (Fsp3) is 0.412. The highest BCUT2D eigenvalue weighted by molar-refractivity contribution is 5.79. The highest BCUT2D eigenvalue weighted by Crippen LogP contribution is 2.23. The van der Waals surface area contributed by atoms with E-state index in [0.29, 0.717) is 11.9 Å². The van der Waals surface area contributed by atoms with Crippen molar-refractivity contribution in [3.05, 3.63) is 29.6 Å². The summed E-state index contributed by atoms with van der Waals surface area (Å²) in [7, 11) is 0. The third-order valence-corrected chi connectivity index (χ3v) is 4.29. The van der Waals surface area contributed by atoms with Crippen LogP contribution in [-0.4, -0.2) is 35.2 Å². The number of aryl methyl sites for hydroxylation is 1. The molecule has 0 unspecified atom stereocenters. The average molecular weight is 337 g/mol. The molecule has 0 fully saturated rings. The first-order valence-electron chi connectivity index (χ1n) is 8.44. The van der Waals surface area contributed by atoms with Crippen molar-refractivity contribution in [2.24, 2.45) is 0 Å². The van der Waals surface area contributed by atoms with Gasteiger partial charge in [0.15, 0.2) is 16.7 Å². The second kappa shape index (κ2) is 5.58. The first kappa shape index (κ1) is 15.6. The van der Waals surface area contributed by atoms with Crippen LogP contribution in [0.4, 0.5) is 0 Å². The zero-order chi connectivity index (χ0) is 17.7. The van der Waals surface area contributed by atoms with E-state index < -0.39 is 0 Å². The molecule has 0 saturated heterocycles. The SMILES string of the molecule is Cc1[nH]nc2c(C(C)C)nc(-[n+]3cc4ncnc(C(C)C)c4[nH]3)nc12. The Kier molecular flexibility index (Phi) is 3.48. The minimum absolute atomic E-state index is 0.239. The molecule has 0 amide bonds. The third-order valence-electron chi connectivity index (χ3n) is 4.29. The first-order chi connectivity index (χ1) is 12.0. The van der Waals surface area contributed by atoms with Gasteiger partial charge in [-0.15, -0.1) is 4.68 Å². The lowest BCUT2D eigenvalue weighted by atomic mass is 10.1. The van der Waals surface area contributed by atoms with Crippen molar-refractivity contribution in [3.8, 4) is 5.95 Å². The van der Waals surface area contributed by atoms with E-state index in [1.165, 1.54) is 0 Å². The van der Waals surface area contributed by atoms with Gasteiger partial charge in [0.25, 0.3) is 0 Å². The molecular weight excluding hydrogens is 316 g/mol. The van der Waals surface area contributed by atoms with E-state index in [2.05, 4.69) is 53.0 Å². The second-order valence-corrected chi connectivity index (χ2v) is 6.89. The van der Waals surface area contributed by atoms with Gasteiger partial charge in [-0.25, -0.2) is 15.1 Å². The van der Waals surface area contributed by atoms with E-state index >= 15 is 0 Å². The fourth-order valence-electron chi connectivity index (χ4n) is 2.98. The Balaban J connectivity index is 1.97. The molecule has 4 heterocycles. The predicted octanol–water partition coefficient (Wildman–Crippen LogP) is 2.46. The van der Waals surface area contributed by atoms with Crippen molar-refractivity contribution < 1.29 is 4.68 Å². The van der Waals surface area contributed by atoms with Gasteiger partial charge < -0.3 is 0 Å². The molecule has 0 bridgehead atoms. The van der Waals surface area contributed by atoms with Crippen molar-refractivity contribution in [1.29, 1.82) is 0 Å². The van der Waals surface area contributed by atoms with E-state index in [-0.39, 0.29) is 5.92 Å². The first-order valence-corrected chi connectivity index (χ1v) is 8.44. The van der Waals surface area contributed by atoms with Gasteiger partial charge in [-0.1, -0.05) is 37.7 Å². The van der Waals surface area contributed by atoms with Gasteiger partial charge in [0, 0.05) is 5.92 Å². The molecule has 25 heavy (non-hydrogen) atoms. The molecule has 8 nitrogen and oxygen atoms in total. The molecule has 0 radical (unpaired) electrons. The van der Waals surface area contributed by atoms with Crippen molar-refractivity contribution in [1.82, 2.24) is 35.2 Å². The molecule has 8 heteroatoms. The lowest BCUT2D eigenvalue weighted by molar-refractivity contribution is -0.660. The van der Waals surface area contributed by atoms with E-state index in [4.69, 9.17) is 9.97 Å². The molecular formula is C17H21N8+. The molecule has 0 aromatic carbocycles. The highest BCUT2D eigenvalue weighted by atomic mass is 15.4. The summed E-state index contributed by atoms with van der Waals surface area (Å²) in [6.07, 6.45) is 3.50. The molecule has 128 valence electrons. The smallest absolute Gasteiger partial charge is 0.278 e. The molecule has 0 aliphatic heterocycles. The Morgan fingerprint density at radius 2 is 1.72 bits per heavy atom. The van der Waals surface area contributed by atoms with Crippen molar-refractivity contribution in [2.75, 3.05) is 0 Å². The van der Waals surface area contributed by atoms with Gasteiger partial charge in [0.1, 0.15) is 23.6 Å². The predicted molar refractivity (Wildman–Crippen MR) is 93.6 cm³/mol. The van der Waals surface area contributed by atoms with E-state index in [9.17, 15) is 0 Å². The average Bonchev–Trinajstić information content (AvgIpc) is 3.17. The number of H-pyrrole nitrogens is 2. The van der Waals surface area contributed by atoms with Gasteiger partial charge >= 0.3 is 5.95 Å². The van der Waals surface area contributed by atoms with Gasteiger partial charge in [-0.05, 0) is 12.8 Å². The molecule has 2 N–H and O–H groups in total. The zero-order valence-corrected chi connectivity index (χ0v) is 15.0. The largest absolute Gasteiger partial charge is 0.456 e. The lowest BCUT2D eigenvalue weighted by Crippen LogP contribution is -2.35. The van der Waals surface area contributed by atoms with Crippen LogP contribution >= 0.6 is 0 Å². The Morgan fingerprint density at radius 3 is 2.44 bits per heavy atom. The lowest BCUT2D eigenvalue weighted by Gasteiger charge is -2.03. The molecule has 4 aromatic rings. The van der Waals surface area contributed by atoms with Crippen LogP contribution in [0.15, 0.2) is 12.5 Å². The molecule has 0 atom stereocenters. The maximum absolute atomic E-state index is 4.74. The van der Waals surface area contributed by atoms with Crippen molar-refractivity contribution in [3.63, 3.8) is 0 Å². The number of aromatic amines is 2. The summed E-state index contributed by atoms with van der Waals surface area (Å²) in [6, 6.07) is 0. The third kappa shape index (κ3) is 2.45. The number of fused-ring (bicyclic) bond motifs is 2. The Bertz CT molecular complexity index is 1070. The minimum Gasteiger partial charge on any atom is -0.278 e. The molecule has 0 saturated carbocycles. The Morgan fingerprint density at radius 1 is 0.960 bits per heavy atom. The molecule has 4 rings (SSSR count). The highest BCUT2D eigenvalue weighted by Gasteiger charge is 2.25. The zero-order valence-electron chi connectivity index (χ0n) is 15.0. The van der Waals surface area contributed by atoms with Crippen LogP contribution in [0.5, 0.6) is 0 Å². The number of aromatic nitrogens is 8. The minimum atomic E-state index is 0.239.